The lowest BCUT2D eigenvalue weighted by molar-refractivity contribution is 0.126. The molecule has 1 aromatic carbocycles. The van der Waals surface area contributed by atoms with Crippen LogP contribution in [-0.2, 0) is 16.6 Å². The van der Waals surface area contributed by atoms with Gasteiger partial charge < -0.3 is 20.3 Å². The number of anilines is 4. The fourth-order valence-electron chi connectivity index (χ4n) is 4.15. The zero-order valence-corrected chi connectivity index (χ0v) is 20.6. The molecule has 3 aromatic rings. The third-order valence-corrected chi connectivity index (χ3v) is 7.46. The molecular formula is C23H33N7O3S. The summed E-state index contributed by atoms with van der Waals surface area (Å²) in [6.45, 7) is 6.50. The molecule has 1 aliphatic carbocycles. The molecule has 2 aromatic heterocycles. The van der Waals surface area contributed by atoms with E-state index >= 15 is 0 Å². The number of hydrogen-bond acceptors (Lipinski definition) is 8. The van der Waals surface area contributed by atoms with Crippen LogP contribution in [0.3, 0.4) is 0 Å². The molecule has 10 nitrogen and oxygen atoms in total. The van der Waals surface area contributed by atoms with Crippen LogP contribution >= 0.6 is 0 Å². The number of sulfonamides is 1. The van der Waals surface area contributed by atoms with Gasteiger partial charge in [-0.3, -0.25) is 4.72 Å². The van der Waals surface area contributed by atoms with Crippen molar-refractivity contribution in [1.29, 1.82) is 0 Å². The average Bonchev–Trinajstić information content (AvgIpc) is 3.19. The third kappa shape index (κ3) is 5.95. The van der Waals surface area contributed by atoms with Gasteiger partial charge in [-0.25, -0.2) is 13.4 Å². The highest BCUT2D eigenvalue weighted by molar-refractivity contribution is 7.92. The van der Waals surface area contributed by atoms with Gasteiger partial charge in [0.2, 0.25) is 16.0 Å². The Labute approximate surface area is 200 Å². The van der Waals surface area contributed by atoms with Gasteiger partial charge in [-0.1, -0.05) is 13.8 Å². The molecule has 1 aliphatic rings. The molecule has 11 heteroatoms. The molecule has 1 saturated carbocycles. The van der Waals surface area contributed by atoms with Gasteiger partial charge in [0.15, 0.2) is 17.0 Å². The van der Waals surface area contributed by atoms with E-state index in [9.17, 15) is 13.5 Å². The first-order valence-corrected chi connectivity index (χ1v) is 13.4. The maximum atomic E-state index is 12.2. The largest absolute Gasteiger partial charge is 0.393 e. The fourth-order valence-corrected chi connectivity index (χ4v) is 5.60. The number of aromatic nitrogens is 4. The first kappa shape index (κ1) is 24.2. The number of hydrogen-bond donors (Lipinski definition) is 4. The van der Waals surface area contributed by atoms with Crippen molar-refractivity contribution in [2.75, 3.05) is 21.1 Å². The number of imidazole rings is 1. The number of aliphatic hydroxyl groups excluding tert-OH is 1. The molecule has 0 radical (unpaired) electrons. The molecule has 0 atom stereocenters. The summed E-state index contributed by atoms with van der Waals surface area (Å²) in [7, 11) is -3.39. The molecule has 0 aliphatic heterocycles. The van der Waals surface area contributed by atoms with Crippen LogP contribution in [0.1, 0.15) is 46.5 Å². The van der Waals surface area contributed by atoms with Gasteiger partial charge in [0.05, 0.1) is 18.2 Å². The molecule has 0 spiro atoms. The van der Waals surface area contributed by atoms with E-state index in [1.165, 1.54) is 0 Å². The van der Waals surface area contributed by atoms with E-state index in [0.717, 1.165) is 43.6 Å². The minimum absolute atomic E-state index is 0.0445. The van der Waals surface area contributed by atoms with Crippen LogP contribution in [-0.4, -0.2) is 50.9 Å². The van der Waals surface area contributed by atoms with Crippen molar-refractivity contribution in [3.05, 3.63) is 30.6 Å². The Morgan fingerprint density at radius 2 is 1.76 bits per heavy atom. The summed E-state index contributed by atoms with van der Waals surface area (Å²) >= 11 is 0. The monoisotopic (exact) mass is 487 g/mol. The minimum Gasteiger partial charge on any atom is -0.393 e. The van der Waals surface area contributed by atoms with Crippen molar-refractivity contribution < 1.29 is 13.5 Å². The molecular weight excluding hydrogens is 454 g/mol. The van der Waals surface area contributed by atoms with Crippen LogP contribution in [0.25, 0.3) is 11.2 Å². The first-order valence-electron chi connectivity index (χ1n) is 11.8. The number of rotatable bonds is 9. The van der Waals surface area contributed by atoms with Crippen molar-refractivity contribution >= 4 is 44.3 Å². The van der Waals surface area contributed by atoms with E-state index in [1.807, 2.05) is 25.3 Å². The maximum Gasteiger partial charge on any atom is 0.232 e. The summed E-state index contributed by atoms with van der Waals surface area (Å²) < 4.78 is 29.0. The second-order valence-electron chi connectivity index (χ2n) is 9.23. The first-order chi connectivity index (χ1) is 16.2. The van der Waals surface area contributed by atoms with E-state index in [-0.39, 0.29) is 23.8 Å². The third-order valence-electron chi connectivity index (χ3n) is 5.81. The number of nitrogens with one attached hydrogen (secondary N) is 3. The van der Waals surface area contributed by atoms with Crippen LogP contribution in [0.15, 0.2) is 30.6 Å². The van der Waals surface area contributed by atoms with Crippen LogP contribution in [0, 0.1) is 5.92 Å². The minimum atomic E-state index is -3.39. The van der Waals surface area contributed by atoms with Crippen molar-refractivity contribution in [1.82, 2.24) is 19.5 Å². The Kier molecular flexibility index (Phi) is 7.22. The fraction of sp³-hybridized carbons (Fsp3) is 0.522. The summed E-state index contributed by atoms with van der Waals surface area (Å²) in [5, 5.41) is 16.5. The van der Waals surface area contributed by atoms with E-state index in [0.29, 0.717) is 23.0 Å². The summed E-state index contributed by atoms with van der Waals surface area (Å²) in [5.41, 5.74) is 2.66. The van der Waals surface area contributed by atoms with Gasteiger partial charge in [0.1, 0.15) is 0 Å². The van der Waals surface area contributed by atoms with Gasteiger partial charge in [-0.2, -0.15) is 9.97 Å². The zero-order valence-electron chi connectivity index (χ0n) is 19.8. The van der Waals surface area contributed by atoms with Gasteiger partial charge in [-0.05, 0) is 62.8 Å². The van der Waals surface area contributed by atoms with Crippen molar-refractivity contribution in [2.45, 2.75) is 65.1 Å². The Morgan fingerprint density at radius 1 is 1.09 bits per heavy atom. The second kappa shape index (κ2) is 10.1. The van der Waals surface area contributed by atoms with Crippen LogP contribution in [0.2, 0.25) is 0 Å². The average molecular weight is 488 g/mol. The van der Waals surface area contributed by atoms with Gasteiger partial charge >= 0.3 is 0 Å². The zero-order chi connectivity index (χ0) is 24.3. The molecule has 4 N–H and O–H groups in total. The highest BCUT2D eigenvalue weighted by Gasteiger charge is 2.21. The number of aryl methyl sites for hydroxylation is 1. The maximum absolute atomic E-state index is 12.2. The lowest BCUT2D eigenvalue weighted by atomic mass is 9.93. The Morgan fingerprint density at radius 3 is 2.41 bits per heavy atom. The molecule has 0 saturated heterocycles. The number of nitrogens with zero attached hydrogens (tertiary/aromatic N) is 4. The van der Waals surface area contributed by atoms with Crippen molar-refractivity contribution in [3.8, 4) is 0 Å². The Hall–Kier alpha value is -2.92. The SMILES string of the molecule is CCn1cnc2c(Nc3ccc(NS(=O)(=O)CC(C)C)cc3)nc(NC3CCC(O)CC3)nc21. The lowest BCUT2D eigenvalue weighted by Gasteiger charge is -2.26. The van der Waals surface area contributed by atoms with E-state index in [1.54, 1.807) is 30.6 Å². The summed E-state index contributed by atoms with van der Waals surface area (Å²) in [6.07, 6.45) is 4.80. The molecule has 0 amide bonds. The van der Waals surface area contributed by atoms with E-state index in [4.69, 9.17) is 4.98 Å². The number of aliphatic hydroxyl groups is 1. The molecule has 1 fully saturated rings. The van der Waals surface area contributed by atoms with Gasteiger partial charge in [0.25, 0.3) is 0 Å². The quantitative estimate of drug-likeness (QED) is 0.359. The smallest absolute Gasteiger partial charge is 0.232 e. The Balaban J connectivity index is 1.55. The highest BCUT2D eigenvalue weighted by atomic mass is 32.2. The number of fused-ring (bicyclic) bond motifs is 1. The highest BCUT2D eigenvalue weighted by Crippen LogP contribution is 2.27. The predicted octanol–water partition coefficient (Wildman–Crippen LogP) is 3.70. The second-order valence-corrected chi connectivity index (χ2v) is 11.0. The molecule has 184 valence electrons. The normalized spacial score (nSPS) is 18.9. The summed E-state index contributed by atoms with van der Waals surface area (Å²) in [5.74, 6) is 1.21. The lowest BCUT2D eigenvalue weighted by Crippen LogP contribution is -2.29. The van der Waals surface area contributed by atoms with Crippen LogP contribution < -0.4 is 15.4 Å². The van der Waals surface area contributed by atoms with Crippen molar-refractivity contribution in [3.63, 3.8) is 0 Å². The molecule has 4 rings (SSSR count). The van der Waals surface area contributed by atoms with E-state index < -0.39 is 10.0 Å². The molecule has 0 bridgehead atoms. The van der Waals surface area contributed by atoms with Gasteiger partial charge in [0, 0.05) is 24.0 Å². The predicted molar refractivity (Wildman–Crippen MR) is 135 cm³/mol. The number of benzene rings is 1. The molecule has 34 heavy (non-hydrogen) atoms. The van der Waals surface area contributed by atoms with Gasteiger partial charge in [-0.15, -0.1) is 0 Å². The molecule has 0 unspecified atom stereocenters. The topological polar surface area (TPSA) is 134 Å². The summed E-state index contributed by atoms with van der Waals surface area (Å²) in [6, 6.07) is 7.25. The van der Waals surface area contributed by atoms with E-state index in [2.05, 4.69) is 25.3 Å². The Bertz CT molecular complexity index is 1220. The van der Waals surface area contributed by atoms with Crippen LogP contribution in [0.5, 0.6) is 0 Å². The van der Waals surface area contributed by atoms with Crippen molar-refractivity contribution in [2.24, 2.45) is 5.92 Å². The summed E-state index contributed by atoms with van der Waals surface area (Å²) in [4.78, 5) is 13.9. The standard InChI is InChI=1S/C23H33N7O3S/c1-4-30-14-24-20-21(27-23(28-22(20)30)26-17-9-11-19(31)12-10-17)25-16-5-7-18(8-6-16)29-34(32,33)13-15(2)3/h5-8,14-15,17,19,29,31H,4,9-13H2,1-3H3,(H2,25,26,27,28). The molecule has 2 heterocycles. The van der Waals surface area contributed by atoms with Crippen LogP contribution in [0.4, 0.5) is 23.1 Å².